The minimum absolute atomic E-state index is 0.789. The van der Waals surface area contributed by atoms with Gasteiger partial charge in [-0.25, -0.2) is 4.98 Å². The number of para-hydroxylation sites is 1. The van der Waals surface area contributed by atoms with Crippen molar-refractivity contribution < 1.29 is 0 Å². The molecular formula is C24H35N5. The molecule has 156 valence electrons. The molecule has 1 atom stereocenters. The first-order valence-corrected chi connectivity index (χ1v) is 11.0. The van der Waals surface area contributed by atoms with Crippen LogP contribution in [0.15, 0.2) is 48.7 Å². The van der Waals surface area contributed by atoms with Crippen LogP contribution < -0.4 is 9.80 Å². The largest absolute Gasteiger partial charge is 0.377 e. The van der Waals surface area contributed by atoms with Crippen molar-refractivity contribution in [2.75, 3.05) is 69.7 Å². The number of aromatic nitrogens is 1. The van der Waals surface area contributed by atoms with Crippen molar-refractivity contribution in [2.24, 2.45) is 5.92 Å². The lowest BCUT2D eigenvalue weighted by Crippen LogP contribution is -2.49. The van der Waals surface area contributed by atoms with Crippen molar-refractivity contribution in [2.45, 2.75) is 19.4 Å². The Morgan fingerprint density at radius 2 is 1.72 bits per heavy atom. The van der Waals surface area contributed by atoms with E-state index in [1.807, 2.05) is 12.3 Å². The van der Waals surface area contributed by atoms with Crippen molar-refractivity contribution in [3.63, 3.8) is 0 Å². The highest BCUT2D eigenvalue weighted by molar-refractivity contribution is 5.52. The molecule has 0 spiro atoms. The first-order valence-electron chi connectivity index (χ1n) is 11.0. The molecular weight excluding hydrogens is 358 g/mol. The zero-order valence-electron chi connectivity index (χ0n) is 18.0. The number of rotatable bonds is 6. The van der Waals surface area contributed by atoms with Crippen LogP contribution in [0.5, 0.6) is 0 Å². The SMILES string of the molecule is CN(C)c1ccccc1CN1CCCC(CN2CCN(c3ccccn3)CC2)C1. The molecule has 2 aliphatic rings. The average Bonchev–Trinajstić information content (AvgIpc) is 2.75. The maximum absolute atomic E-state index is 4.51. The second-order valence-electron chi connectivity index (χ2n) is 8.74. The number of nitrogens with zero attached hydrogens (tertiary/aromatic N) is 5. The van der Waals surface area contributed by atoms with E-state index >= 15 is 0 Å². The minimum atomic E-state index is 0.789. The van der Waals surface area contributed by atoms with E-state index in [1.165, 1.54) is 43.7 Å². The third kappa shape index (κ3) is 5.28. The molecule has 4 rings (SSSR count). The average molecular weight is 394 g/mol. The summed E-state index contributed by atoms with van der Waals surface area (Å²) in [5.74, 6) is 1.91. The summed E-state index contributed by atoms with van der Waals surface area (Å²) in [5.41, 5.74) is 2.79. The molecule has 0 aliphatic carbocycles. The van der Waals surface area contributed by atoms with Crippen LogP contribution in [0.25, 0.3) is 0 Å². The fraction of sp³-hybridized carbons (Fsp3) is 0.542. The number of hydrogen-bond donors (Lipinski definition) is 0. The summed E-state index contributed by atoms with van der Waals surface area (Å²) in [6.07, 6.45) is 4.59. The van der Waals surface area contributed by atoms with Gasteiger partial charge in [-0.2, -0.15) is 0 Å². The maximum atomic E-state index is 4.51. The van der Waals surface area contributed by atoms with Gasteiger partial charge in [0.2, 0.25) is 0 Å². The summed E-state index contributed by atoms with van der Waals surface area (Å²) in [5, 5.41) is 0. The monoisotopic (exact) mass is 393 g/mol. The number of hydrogen-bond acceptors (Lipinski definition) is 5. The number of likely N-dealkylation sites (tertiary alicyclic amines) is 1. The molecule has 1 aromatic heterocycles. The van der Waals surface area contributed by atoms with Crippen molar-refractivity contribution in [3.05, 3.63) is 54.2 Å². The van der Waals surface area contributed by atoms with Gasteiger partial charge in [0.15, 0.2) is 0 Å². The molecule has 0 bridgehead atoms. The van der Waals surface area contributed by atoms with Crippen LogP contribution in [-0.4, -0.2) is 74.7 Å². The van der Waals surface area contributed by atoms with Gasteiger partial charge in [-0.15, -0.1) is 0 Å². The molecule has 2 fully saturated rings. The fourth-order valence-electron chi connectivity index (χ4n) is 4.83. The smallest absolute Gasteiger partial charge is 0.128 e. The van der Waals surface area contributed by atoms with Crippen LogP contribution in [0, 0.1) is 5.92 Å². The van der Waals surface area contributed by atoms with E-state index in [1.54, 1.807) is 0 Å². The van der Waals surface area contributed by atoms with E-state index in [4.69, 9.17) is 0 Å². The topological polar surface area (TPSA) is 25.9 Å². The van der Waals surface area contributed by atoms with Crippen LogP contribution in [-0.2, 0) is 6.54 Å². The zero-order valence-corrected chi connectivity index (χ0v) is 18.0. The molecule has 1 aromatic carbocycles. The van der Waals surface area contributed by atoms with Crippen molar-refractivity contribution in [1.29, 1.82) is 0 Å². The van der Waals surface area contributed by atoms with E-state index in [0.29, 0.717) is 0 Å². The second-order valence-corrected chi connectivity index (χ2v) is 8.74. The first-order chi connectivity index (χ1) is 14.2. The van der Waals surface area contributed by atoms with Gasteiger partial charge in [-0.05, 0) is 49.1 Å². The molecule has 0 saturated carbocycles. The Morgan fingerprint density at radius 3 is 2.48 bits per heavy atom. The normalized spacial score (nSPS) is 21.3. The van der Waals surface area contributed by atoms with E-state index in [-0.39, 0.29) is 0 Å². The molecule has 5 heteroatoms. The van der Waals surface area contributed by atoms with Gasteiger partial charge in [-0.3, -0.25) is 9.80 Å². The highest BCUT2D eigenvalue weighted by Crippen LogP contribution is 2.24. The summed E-state index contributed by atoms with van der Waals surface area (Å²) in [4.78, 5) is 14.5. The van der Waals surface area contributed by atoms with E-state index < -0.39 is 0 Å². The predicted octanol–water partition coefficient (Wildman–Crippen LogP) is 3.18. The Morgan fingerprint density at radius 1 is 0.931 bits per heavy atom. The maximum Gasteiger partial charge on any atom is 0.128 e. The number of piperazine rings is 1. The zero-order chi connectivity index (χ0) is 20.1. The van der Waals surface area contributed by atoms with E-state index in [9.17, 15) is 0 Å². The van der Waals surface area contributed by atoms with E-state index in [0.717, 1.165) is 44.5 Å². The molecule has 2 saturated heterocycles. The van der Waals surface area contributed by atoms with Crippen molar-refractivity contribution >= 4 is 11.5 Å². The third-order valence-corrected chi connectivity index (χ3v) is 6.33. The lowest BCUT2D eigenvalue weighted by molar-refractivity contribution is 0.125. The van der Waals surface area contributed by atoms with Crippen molar-refractivity contribution in [3.8, 4) is 0 Å². The van der Waals surface area contributed by atoms with Gasteiger partial charge in [0.1, 0.15) is 5.82 Å². The van der Waals surface area contributed by atoms with E-state index in [2.05, 4.69) is 75.1 Å². The van der Waals surface area contributed by atoms with Crippen molar-refractivity contribution in [1.82, 2.24) is 14.8 Å². The molecule has 5 nitrogen and oxygen atoms in total. The van der Waals surface area contributed by atoms with Crippen LogP contribution in [0.2, 0.25) is 0 Å². The van der Waals surface area contributed by atoms with Gasteiger partial charge in [0, 0.05) is 71.8 Å². The summed E-state index contributed by atoms with van der Waals surface area (Å²) < 4.78 is 0. The van der Waals surface area contributed by atoms with Gasteiger partial charge in [0.05, 0.1) is 0 Å². The number of piperidine rings is 1. The Hall–Kier alpha value is -2.11. The predicted molar refractivity (Wildman–Crippen MR) is 122 cm³/mol. The van der Waals surface area contributed by atoms with Gasteiger partial charge >= 0.3 is 0 Å². The Balaban J connectivity index is 1.28. The van der Waals surface area contributed by atoms with Gasteiger partial charge in [0.25, 0.3) is 0 Å². The van der Waals surface area contributed by atoms with Crippen LogP contribution in [0.4, 0.5) is 11.5 Å². The highest BCUT2D eigenvalue weighted by atomic mass is 15.3. The molecule has 0 radical (unpaired) electrons. The molecule has 0 N–H and O–H groups in total. The Kier molecular flexibility index (Phi) is 6.67. The highest BCUT2D eigenvalue weighted by Gasteiger charge is 2.25. The third-order valence-electron chi connectivity index (χ3n) is 6.33. The fourth-order valence-corrected chi connectivity index (χ4v) is 4.83. The Labute approximate surface area is 175 Å². The Bertz CT molecular complexity index is 755. The number of anilines is 2. The number of benzene rings is 1. The molecule has 2 aliphatic heterocycles. The minimum Gasteiger partial charge on any atom is -0.377 e. The molecule has 1 unspecified atom stereocenters. The molecule has 29 heavy (non-hydrogen) atoms. The molecule has 3 heterocycles. The lowest BCUT2D eigenvalue weighted by atomic mass is 9.96. The van der Waals surface area contributed by atoms with Crippen LogP contribution >= 0.6 is 0 Å². The first kappa shape index (κ1) is 20.2. The summed E-state index contributed by atoms with van der Waals surface area (Å²) >= 11 is 0. The lowest BCUT2D eigenvalue weighted by Gasteiger charge is -2.40. The molecule has 0 amide bonds. The molecule has 2 aromatic rings. The van der Waals surface area contributed by atoms with Gasteiger partial charge < -0.3 is 9.80 Å². The van der Waals surface area contributed by atoms with Crippen LogP contribution in [0.3, 0.4) is 0 Å². The summed E-state index contributed by atoms with van der Waals surface area (Å²) in [6, 6.07) is 15.0. The standard InChI is InChI=1S/C24H35N5/c1-26(2)23-10-4-3-9-22(23)20-28-13-7-8-21(19-28)18-27-14-16-29(17-15-27)24-11-5-6-12-25-24/h3-6,9-12,21H,7-8,13-20H2,1-2H3. The summed E-state index contributed by atoms with van der Waals surface area (Å²) in [6.45, 7) is 9.23. The summed E-state index contributed by atoms with van der Waals surface area (Å²) in [7, 11) is 4.28. The second kappa shape index (κ2) is 9.59. The van der Waals surface area contributed by atoms with Gasteiger partial charge in [-0.1, -0.05) is 24.3 Å². The quantitative estimate of drug-likeness (QED) is 0.751. The number of pyridine rings is 1. The van der Waals surface area contributed by atoms with Crippen LogP contribution in [0.1, 0.15) is 18.4 Å².